The van der Waals surface area contributed by atoms with Gasteiger partial charge in [0.05, 0.1) is 17.2 Å². The van der Waals surface area contributed by atoms with Crippen molar-refractivity contribution in [2.45, 2.75) is 25.0 Å². The minimum Gasteiger partial charge on any atom is -0.481 e. The first kappa shape index (κ1) is 19.2. The van der Waals surface area contributed by atoms with Gasteiger partial charge >= 0.3 is 5.97 Å². The van der Waals surface area contributed by atoms with Crippen molar-refractivity contribution >= 4 is 40.8 Å². The normalized spacial score (nSPS) is 18.5. The van der Waals surface area contributed by atoms with Gasteiger partial charge in [-0.3, -0.25) is 9.59 Å². The lowest BCUT2D eigenvalue weighted by Crippen LogP contribution is -2.48. The lowest BCUT2D eigenvalue weighted by atomic mass is 9.90. The number of benzene rings is 2. The molecule has 0 saturated heterocycles. The summed E-state index contributed by atoms with van der Waals surface area (Å²) in [5.41, 5.74) is 0.201. The van der Waals surface area contributed by atoms with Gasteiger partial charge in [-0.05, 0) is 17.7 Å². The summed E-state index contributed by atoms with van der Waals surface area (Å²) in [4.78, 5) is 29.5. The molecule has 0 unspecified atom stereocenters. The minimum absolute atomic E-state index is 0.0126. The van der Waals surface area contributed by atoms with Crippen LogP contribution >= 0.6 is 23.2 Å². The summed E-state index contributed by atoms with van der Waals surface area (Å²) in [6.45, 7) is 0.251. The van der Waals surface area contributed by atoms with Crippen LogP contribution in [0.4, 0.5) is 0 Å². The molecule has 1 aliphatic rings. The molecule has 0 aromatic heterocycles. The fraction of sp³-hybridized carbons (Fsp3) is 0.211. The molecule has 2 aromatic rings. The van der Waals surface area contributed by atoms with E-state index in [0.29, 0.717) is 21.3 Å². The third-order valence-corrected chi connectivity index (χ3v) is 4.72. The number of carbonyl (C=O) groups excluding carboxylic acids is 1. The van der Waals surface area contributed by atoms with Gasteiger partial charge in [0, 0.05) is 23.6 Å². The van der Waals surface area contributed by atoms with Crippen LogP contribution < -0.4 is 5.32 Å². The number of nitrogens with zero attached hydrogens (tertiary/aromatic N) is 1. The number of nitrogens with one attached hydrogen (secondary N) is 1. The Morgan fingerprint density at radius 1 is 1.19 bits per heavy atom. The molecule has 0 spiro atoms. The molecule has 6 nitrogen and oxygen atoms in total. The summed E-state index contributed by atoms with van der Waals surface area (Å²) in [5, 5.41) is 16.7. The van der Waals surface area contributed by atoms with Gasteiger partial charge in [0.1, 0.15) is 0 Å². The predicted octanol–water partition coefficient (Wildman–Crippen LogP) is 3.65. The Labute approximate surface area is 165 Å². The number of carbonyl (C=O) groups is 2. The Morgan fingerprint density at radius 3 is 2.59 bits per heavy atom. The van der Waals surface area contributed by atoms with Crippen molar-refractivity contribution < 1.29 is 19.5 Å². The molecule has 8 heteroatoms. The molecule has 27 heavy (non-hydrogen) atoms. The van der Waals surface area contributed by atoms with Gasteiger partial charge < -0.3 is 15.3 Å². The summed E-state index contributed by atoms with van der Waals surface area (Å²) in [6.07, 6.45) is -0.535. The molecule has 3 rings (SSSR count). The second-order valence-corrected chi connectivity index (χ2v) is 7.01. The number of carboxylic acids is 1. The van der Waals surface area contributed by atoms with E-state index in [4.69, 9.17) is 28.0 Å². The predicted molar refractivity (Wildman–Crippen MR) is 102 cm³/mol. The lowest BCUT2D eigenvalue weighted by molar-refractivity contribution is -0.156. The van der Waals surface area contributed by atoms with E-state index >= 15 is 0 Å². The summed E-state index contributed by atoms with van der Waals surface area (Å²) in [7, 11) is 0. The molecule has 1 heterocycles. The summed E-state index contributed by atoms with van der Waals surface area (Å²) in [6, 6.07) is 14.1. The highest BCUT2D eigenvalue weighted by atomic mass is 35.5. The SMILES string of the molecule is O=C(O)C[C@@]1(C(=O)NCc2ccccc2)CC(c2ccc(Cl)cc2Cl)=NO1. The molecule has 0 saturated carbocycles. The van der Waals surface area contributed by atoms with Gasteiger partial charge in [-0.2, -0.15) is 0 Å². The van der Waals surface area contributed by atoms with Crippen molar-refractivity contribution in [3.05, 3.63) is 69.7 Å². The molecule has 140 valence electrons. The van der Waals surface area contributed by atoms with Crippen molar-refractivity contribution in [2.24, 2.45) is 5.16 Å². The van der Waals surface area contributed by atoms with Crippen LogP contribution in [0.2, 0.25) is 10.0 Å². The van der Waals surface area contributed by atoms with Crippen LogP contribution in [0.3, 0.4) is 0 Å². The van der Waals surface area contributed by atoms with Crippen molar-refractivity contribution in [3.8, 4) is 0 Å². The van der Waals surface area contributed by atoms with E-state index in [1.807, 2.05) is 30.3 Å². The molecule has 1 amide bonds. The monoisotopic (exact) mass is 406 g/mol. The Morgan fingerprint density at radius 2 is 1.93 bits per heavy atom. The van der Waals surface area contributed by atoms with E-state index in [2.05, 4.69) is 10.5 Å². The van der Waals surface area contributed by atoms with E-state index in [9.17, 15) is 14.7 Å². The maximum Gasteiger partial charge on any atom is 0.308 e. The van der Waals surface area contributed by atoms with Gasteiger partial charge in [0.25, 0.3) is 5.91 Å². The number of hydrogen-bond acceptors (Lipinski definition) is 4. The Bertz CT molecular complexity index is 902. The number of amides is 1. The van der Waals surface area contributed by atoms with Crippen LogP contribution in [0, 0.1) is 0 Å². The number of aliphatic carboxylic acids is 1. The van der Waals surface area contributed by atoms with Crippen LogP contribution in [0.25, 0.3) is 0 Å². The fourth-order valence-electron chi connectivity index (χ4n) is 2.83. The lowest BCUT2D eigenvalue weighted by Gasteiger charge is -2.23. The molecule has 0 fully saturated rings. The summed E-state index contributed by atoms with van der Waals surface area (Å²) >= 11 is 12.1. The van der Waals surface area contributed by atoms with Crippen molar-refractivity contribution in [1.82, 2.24) is 5.32 Å². The van der Waals surface area contributed by atoms with Gasteiger partial charge in [0.15, 0.2) is 0 Å². The van der Waals surface area contributed by atoms with E-state index in [0.717, 1.165) is 5.56 Å². The van der Waals surface area contributed by atoms with Crippen LogP contribution in [-0.2, 0) is 21.0 Å². The maximum absolute atomic E-state index is 12.8. The molecule has 1 aliphatic heterocycles. The third-order valence-electron chi connectivity index (χ3n) is 4.17. The number of halogens is 2. The number of rotatable bonds is 6. The van der Waals surface area contributed by atoms with Crippen LogP contribution in [-0.4, -0.2) is 28.3 Å². The van der Waals surface area contributed by atoms with Crippen molar-refractivity contribution in [2.75, 3.05) is 0 Å². The van der Waals surface area contributed by atoms with E-state index in [-0.39, 0.29) is 13.0 Å². The Hall–Kier alpha value is -2.57. The molecule has 0 bridgehead atoms. The van der Waals surface area contributed by atoms with Gasteiger partial charge in [-0.15, -0.1) is 0 Å². The quantitative estimate of drug-likeness (QED) is 0.765. The van der Waals surface area contributed by atoms with Crippen LogP contribution in [0.15, 0.2) is 53.7 Å². The molecule has 1 atom stereocenters. The first-order valence-corrected chi connectivity index (χ1v) is 8.90. The van der Waals surface area contributed by atoms with E-state index < -0.39 is 23.9 Å². The Balaban J connectivity index is 1.78. The van der Waals surface area contributed by atoms with Crippen molar-refractivity contribution in [3.63, 3.8) is 0 Å². The number of carboxylic acid groups (broad SMARTS) is 1. The zero-order valence-electron chi connectivity index (χ0n) is 14.1. The van der Waals surface area contributed by atoms with Gasteiger partial charge in [-0.25, -0.2) is 0 Å². The smallest absolute Gasteiger partial charge is 0.308 e. The average Bonchev–Trinajstić information content (AvgIpc) is 3.05. The molecule has 0 aliphatic carbocycles. The standard InChI is InChI=1S/C19H16Cl2N2O4/c20-13-6-7-14(15(21)8-13)16-9-19(27-23-16,10-17(24)25)18(26)22-11-12-4-2-1-3-5-12/h1-8H,9-11H2,(H,22,26)(H,24,25)/t19-/m1/s1. The average molecular weight is 407 g/mol. The molecule has 0 radical (unpaired) electrons. The zero-order valence-corrected chi connectivity index (χ0v) is 15.6. The van der Waals surface area contributed by atoms with Gasteiger partial charge in [-0.1, -0.05) is 64.8 Å². The number of oxime groups is 1. The van der Waals surface area contributed by atoms with Crippen LogP contribution in [0.5, 0.6) is 0 Å². The maximum atomic E-state index is 12.8. The summed E-state index contributed by atoms with van der Waals surface area (Å²) < 4.78 is 0. The highest BCUT2D eigenvalue weighted by Gasteiger charge is 2.48. The molecular formula is C19H16Cl2N2O4. The first-order chi connectivity index (χ1) is 12.9. The van der Waals surface area contributed by atoms with Crippen LogP contribution in [0.1, 0.15) is 24.0 Å². The second-order valence-electron chi connectivity index (χ2n) is 6.16. The third kappa shape index (κ3) is 4.40. The second kappa shape index (κ2) is 7.98. The Kier molecular flexibility index (Phi) is 5.68. The van der Waals surface area contributed by atoms with Gasteiger partial charge in [0.2, 0.25) is 5.60 Å². The van der Waals surface area contributed by atoms with E-state index in [1.54, 1.807) is 18.2 Å². The topological polar surface area (TPSA) is 88.0 Å². The highest BCUT2D eigenvalue weighted by molar-refractivity contribution is 6.37. The van der Waals surface area contributed by atoms with Crippen molar-refractivity contribution in [1.29, 1.82) is 0 Å². The fourth-order valence-corrected chi connectivity index (χ4v) is 3.34. The first-order valence-electron chi connectivity index (χ1n) is 8.14. The number of hydrogen-bond donors (Lipinski definition) is 2. The molecule has 2 aromatic carbocycles. The minimum atomic E-state index is -1.63. The van der Waals surface area contributed by atoms with E-state index in [1.165, 1.54) is 0 Å². The zero-order chi connectivity index (χ0) is 19.4. The highest BCUT2D eigenvalue weighted by Crippen LogP contribution is 2.33. The summed E-state index contributed by atoms with van der Waals surface area (Å²) in [5.74, 6) is -1.71. The molecular weight excluding hydrogens is 391 g/mol. The largest absolute Gasteiger partial charge is 0.481 e. The molecule has 2 N–H and O–H groups in total.